The molecule has 0 saturated heterocycles. The molecule has 6 nitrogen and oxygen atoms in total. The number of hydrogen-bond acceptors (Lipinski definition) is 4. The Hall–Kier alpha value is -5.46. The van der Waals surface area contributed by atoms with Gasteiger partial charge in [-0.15, -0.1) is 0 Å². The summed E-state index contributed by atoms with van der Waals surface area (Å²) in [7, 11) is 0. The van der Waals surface area contributed by atoms with Crippen LogP contribution in [0.15, 0.2) is 72.8 Å². The molecule has 4 amide bonds. The van der Waals surface area contributed by atoms with Gasteiger partial charge < -0.3 is 0 Å². The molecule has 0 radical (unpaired) electrons. The second-order valence-electron chi connectivity index (χ2n) is 14.0. The van der Waals surface area contributed by atoms with E-state index in [-0.39, 0.29) is 47.2 Å². The Balaban J connectivity index is 1.63. The lowest BCUT2D eigenvalue weighted by Crippen LogP contribution is -2.46. The molecule has 0 fully saturated rings. The highest BCUT2D eigenvalue weighted by Crippen LogP contribution is 2.42. The van der Waals surface area contributed by atoms with E-state index in [4.69, 9.17) is 0 Å². The van der Waals surface area contributed by atoms with Gasteiger partial charge in [-0.3, -0.25) is 29.0 Å². The van der Waals surface area contributed by atoms with Gasteiger partial charge in [0.2, 0.25) is 0 Å². The van der Waals surface area contributed by atoms with E-state index in [1.807, 2.05) is 60.7 Å². The molecule has 0 spiro atoms. The molecule has 0 aromatic heterocycles. The summed E-state index contributed by atoms with van der Waals surface area (Å²) in [6, 6.07) is 22.3. The third-order valence-electron chi connectivity index (χ3n) is 10.5. The van der Waals surface area contributed by atoms with Crippen LogP contribution in [0.1, 0.15) is 143 Å². The lowest BCUT2D eigenvalue weighted by atomic mass is 9.80. The number of nitrogens with zero attached hydrogens (tertiary/aromatic N) is 2. The van der Waals surface area contributed by atoms with E-state index in [2.05, 4.69) is 51.4 Å². The van der Waals surface area contributed by atoms with E-state index in [1.165, 1.54) is 9.80 Å². The molecule has 2 aliphatic rings. The molecule has 0 N–H and O–H groups in total. The number of carbonyl (C=O) groups is 4. The Morgan fingerprint density at radius 2 is 0.904 bits per heavy atom. The van der Waals surface area contributed by atoms with Crippen molar-refractivity contribution in [1.29, 1.82) is 0 Å². The van der Waals surface area contributed by atoms with Crippen LogP contribution in [0.4, 0.5) is 0 Å². The summed E-state index contributed by atoms with van der Waals surface area (Å²) >= 11 is 0. The number of hydrogen-bond donors (Lipinski definition) is 0. The molecular formula is C46H46N2O4. The molecule has 4 aromatic rings. The minimum Gasteiger partial charge on any atom is -0.274 e. The Bertz CT molecular complexity index is 1990. The summed E-state index contributed by atoms with van der Waals surface area (Å²) in [6.07, 6.45) is 7.47. The summed E-state index contributed by atoms with van der Waals surface area (Å²) < 4.78 is 0. The fourth-order valence-electron chi connectivity index (χ4n) is 7.36. The van der Waals surface area contributed by atoms with Crippen LogP contribution in [-0.4, -0.2) is 46.5 Å². The van der Waals surface area contributed by atoms with Gasteiger partial charge in [-0.2, -0.15) is 0 Å². The Labute approximate surface area is 307 Å². The average Bonchev–Trinajstić information content (AvgIpc) is 3.17. The van der Waals surface area contributed by atoms with E-state index in [0.29, 0.717) is 21.9 Å². The SMILES string of the molecule is CCCCC(CC)CN1C(=O)c2cc(C#Cc3ccccc3)c3c4c(cc(C#Cc5ccccc5)c(c24)C1=O)C(=O)N(CC(CC)CCCC)C3=O. The molecule has 4 aromatic carbocycles. The number of rotatable bonds is 12. The van der Waals surface area contributed by atoms with Crippen molar-refractivity contribution in [3.8, 4) is 23.7 Å². The lowest BCUT2D eigenvalue weighted by molar-refractivity contribution is 0.0558. The zero-order valence-corrected chi connectivity index (χ0v) is 30.7. The Kier molecular flexibility index (Phi) is 11.4. The van der Waals surface area contributed by atoms with Crippen LogP contribution >= 0.6 is 0 Å². The summed E-state index contributed by atoms with van der Waals surface area (Å²) in [5.74, 6) is 11.3. The molecule has 0 saturated carbocycles. The molecule has 52 heavy (non-hydrogen) atoms. The van der Waals surface area contributed by atoms with Crippen molar-refractivity contribution in [2.75, 3.05) is 13.1 Å². The molecule has 2 heterocycles. The first-order valence-corrected chi connectivity index (χ1v) is 18.8. The molecule has 2 unspecified atom stereocenters. The summed E-state index contributed by atoms with van der Waals surface area (Å²) in [4.78, 5) is 61.1. The fraction of sp³-hybridized carbons (Fsp3) is 0.348. The summed E-state index contributed by atoms with van der Waals surface area (Å²) in [5, 5.41) is 0.643. The van der Waals surface area contributed by atoms with Crippen molar-refractivity contribution >= 4 is 34.4 Å². The van der Waals surface area contributed by atoms with Crippen molar-refractivity contribution < 1.29 is 19.2 Å². The van der Waals surface area contributed by atoms with Crippen LogP contribution in [0, 0.1) is 35.5 Å². The van der Waals surface area contributed by atoms with Gasteiger partial charge in [0.15, 0.2) is 0 Å². The first kappa shape index (κ1) is 36.3. The van der Waals surface area contributed by atoms with Crippen LogP contribution in [-0.2, 0) is 0 Å². The van der Waals surface area contributed by atoms with Crippen LogP contribution in [0.2, 0.25) is 0 Å². The van der Waals surface area contributed by atoms with Gasteiger partial charge in [-0.05, 0) is 61.1 Å². The van der Waals surface area contributed by atoms with Gasteiger partial charge in [0.05, 0.1) is 11.1 Å². The van der Waals surface area contributed by atoms with E-state index < -0.39 is 23.6 Å². The molecule has 2 atom stereocenters. The molecule has 6 heteroatoms. The number of imide groups is 2. The molecular weight excluding hydrogens is 645 g/mol. The van der Waals surface area contributed by atoms with E-state index >= 15 is 0 Å². The summed E-state index contributed by atoms with van der Waals surface area (Å²) in [6.45, 7) is 8.98. The molecule has 0 bridgehead atoms. The Morgan fingerprint density at radius 1 is 0.519 bits per heavy atom. The number of benzene rings is 4. The predicted molar refractivity (Wildman–Crippen MR) is 206 cm³/mol. The van der Waals surface area contributed by atoms with Crippen LogP contribution in [0.5, 0.6) is 0 Å². The fourth-order valence-corrected chi connectivity index (χ4v) is 7.36. The van der Waals surface area contributed by atoms with Crippen LogP contribution < -0.4 is 0 Å². The van der Waals surface area contributed by atoms with Gasteiger partial charge in [0.1, 0.15) is 0 Å². The minimum absolute atomic E-state index is 0.134. The van der Waals surface area contributed by atoms with Gasteiger partial charge in [0, 0.05) is 57.2 Å². The van der Waals surface area contributed by atoms with E-state index in [1.54, 1.807) is 12.1 Å². The minimum atomic E-state index is -0.446. The second kappa shape index (κ2) is 16.3. The Morgan fingerprint density at radius 3 is 1.25 bits per heavy atom. The zero-order chi connectivity index (χ0) is 36.8. The van der Waals surface area contributed by atoms with Gasteiger partial charge in [0.25, 0.3) is 23.6 Å². The van der Waals surface area contributed by atoms with Gasteiger partial charge in [-0.1, -0.05) is 126 Å². The van der Waals surface area contributed by atoms with Crippen molar-refractivity contribution in [2.24, 2.45) is 11.8 Å². The van der Waals surface area contributed by atoms with Crippen LogP contribution in [0.3, 0.4) is 0 Å². The number of carbonyl (C=O) groups excluding carboxylic acids is 4. The smallest absolute Gasteiger partial charge is 0.262 e. The van der Waals surface area contributed by atoms with Crippen molar-refractivity contribution in [1.82, 2.24) is 9.80 Å². The molecule has 2 aliphatic heterocycles. The van der Waals surface area contributed by atoms with Crippen molar-refractivity contribution in [2.45, 2.75) is 79.1 Å². The molecule has 6 rings (SSSR count). The van der Waals surface area contributed by atoms with Crippen molar-refractivity contribution in [3.63, 3.8) is 0 Å². The van der Waals surface area contributed by atoms with Crippen molar-refractivity contribution in [3.05, 3.63) is 117 Å². The number of amides is 4. The quantitative estimate of drug-likeness (QED) is 0.110. The standard InChI is InChI=1S/C46H46N2O4/c1-5-9-17-31(7-3)29-47-43(49)37-27-36(26-24-34-21-15-12-16-22-34)40-42-38(44(50)48(46(40)52)30-32(8-4)18-10-6-2)28-35(39(41(37)42)45(47)51)25-23-33-19-13-11-14-20-33/h11-16,19-22,27-28,31-32H,5-10,17-18,29-30H2,1-4H3. The van der Waals surface area contributed by atoms with E-state index in [9.17, 15) is 19.2 Å². The first-order chi connectivity index (χ1) is 25.3. The highest BCUT2D eigenvalue weighted by Gasteiger charge is 2.43. The highest BCUT2D eigenvalue weighted by atomic mass is 16.2. The maximum absolute atomic E-state index is 14.6. The van der Waals surface area contributed by atoms with Gasteiger partial charge >= 0.3 is 0 Å². The topological polar surface area (TPSA) is 74.8 Å². The third-order valence-corrected chi connectivity index (χ3v) is 10.5. The second-order valence-corrected chi connectivity index (χ2v) is 14.0. The first-order valence-electron chi connectivity index (χ1n) is 18.8. The lowest BCUT2D eigenvalue weighted by Gasteiger charge is -2.35. The average molecular weight is 691 g/mol. The summed E-state index contributed by atoms with van der Waals surface area (Å²) in [5.41, 5.74) is 3.29. The zero-order valence-electron chi connectivity index (χ0n) is 30.7. The van der Waals surface area contributed by atoms with Gasteiger partial charge in [-0.25, -0.2) is 0 Å². The number of unbranched alkanes of at least 4 members (excludes halogenated alkanes) is 2. The van der Waals surface area contributed by atoms with Crippen LogP contribution in [0.25, 0.3) is 10.8 Å². The normalized spacial score (nSPS) is 14.5. The highest BCUT2D eigenvalue weighted by molar-refractivity contribution is 6.34. The molecule has 264 valence electrons. The maximum atomic E-state index is 14.6. The maximum Gasteiger partial charge on any atom is 0.262 e. The molecule has 0 aliphatic carbocycles. The largest absolute Gasteiger partial charge is 0.274 e. The third kappa shape index (κ3) is 7.17. The van der Waals surface area contributed by atoms with E-state index in [0.717, 1.165) is 62.5 Å². The predicted octanol–water partition coefficient (Wildman–Crippen LogP) is 9.26. The monoisotopic (exact) mass is 690 g/mol.